The number of hydrogen-bond donors (Lipinski definition) is 2. The Labute approximate surface area is 196 Å². The molecule has 2 N–H and O–H groups in total. The fourth-order valence-corrected chi connectivity index (χ4v) is 3.39. The minimum atomic E-state index is -0.653. The Kier molecular flexibility index (Phi) is 6.48. The number of benzene rings is 1. The number of hydrazone groups is 1. The molecule has 1 amide bonds. The Morgan fingerprint density at radius 3 is 2.71 bits per heavy atom. The van der Waals surface area contributed by atoms with Crippen LogP contribution in [-0.2, 0) is 17.9 Å². The highest BCUT2D eigenvalue weighted by Gasteiger charge is 2.18. The third-order valence-electron chi connectivity index (χ3n) is 4.96. The van der Waals surface area contributed by atoms with Crippen LogP contribution in [0.1, 0.15) is 17.1 Å². The summed E-state index contributed by atoms with van der Waals surface area (Å²) in [7, 11) is 0. The van der Waals surface area contributed by atoms with Gasteiger partial charge in [0, 0.05) is 6.21 Å². The maximum absolute atomic E-state index is 12.5. The lowest BCUT2D eigenvalue weighted by Gasteiger charge is -2.07. The number of hydrogen-bond acceptors (Lipinski definition) is 8. The lowest BCUT2D eigenvalue weighted by molar-refractivity contribution is -0.402. The van der Waals surface area contributed by atoms with Crippen molar-refractivity contribution in [2.45, 2.75) is 20.0 Å². The second-order valence-corrected chi connectivity index (χ2v) is 7.35. The maximum Gasteiger partial charge on any atom is 0.433 e. The van der Waals surface area contributed by atoms with Crippen molar-refractivity contribution in [1.82, 2.24) is 24.5 Å². The van der Waals surface area contributed by atoms with Crippen LogP contribution in [0.3, 0.4) is 0 Å². The van der Waals surface area contributed by atoms with Crippen LogP contribution < -0.4 is 16.7 Å². The molecule has 1 aromatic carbocycles. The SMILES string of the molecule is Cc1nc2c(c(=O)[nH]c(=O)n2Cc2ccccc2)n1CC(=O)N/N=C/C=C/c1ccc([N+](=O)[O-])o1. The smallest absolute Gasteiger partial charge is 0.401 e. The molecule has 0 spiro atoms. The Morgan fingerprint density at radius 1 is 1.23 bits per heavy atom. The normalized spacial score (nSPS) is 11.6. The molecule has 13 heteroatoms. The first kappa shape index (κ1) is 23.1. The molecule has 0 aliphatic carbocycles. The van der Waals surface area contributed by atoms with Crippen molar-refractivity contribution in [3.8, 4) is 0 Å². The van der Waals surface area contributed by atoms with Crippen LogP contribution in [-0.4, -0.2) is 36.1 Å². The zero-order valence-electron chi connectivity index (χ0n) is 18.4. The van der Waals surface area contributed by atoms with E-state index in [0.29, 0.717) is 5.82 Å². The van der Waals surface area contributed by atoms with Crippen molar-refractivity contribution in [3.63, 3.8) is 0 Å². The van der Waals surface area contributed by atoms with E-state index in [0.717, 1.165) is 5.56 Å². The average molecular weight is 477 g/mol. The number of allylic oxidation sites excluding steroid dienone is 1. The van der Waals surface area contributed by atoms with Crippen LogP contribution in [0.15, 0.2) is 67.6 Å². The van der Waals surface area contributed by atoms with E-state index in [1.165, 1.54) is 39.6 Å². The highest BCUT2D eigenvalue weighted by atomic mass is 16.6. The topological polar surface area (TPSA) is 170 Å². The Balaban J connectivity index is 1.49. The lowest BCUT2D eigenvalue weighted by atomic mass is 10.2. The van der Waals surface area contributed by atoms with Crippen molar-refractivity contribution in [2.75, 3.05) is 0 Å². The molecular weight excluding hydrogens is 458 g/mol. The molecule has 3 heterocycles. The summed E-state index contributed by atoms with van der Waals surface area (Å²) >= 11 is 0. The fourth-order valence-electron chi connectivity index (χ4n) is 3.39. The molecule has 4 aromatic rings. The summed E-state index contributed by atoms with van der Waals surface area (Å²) in [6.45, 7) is 1.56. The number of rotatable bonds is 8. The number of nitrogens with one attached hydrogen (secondary N) is 2. The molecule has 178 valence electrons. The Morgan fingerprint density at radius 2 is 2.00 bits per heavy atom. The number of fused-ring (bicyclic) bond motifs is 1. The van der Waals surface area contributed by atoms with Gasteiger partial charge in [0.15, 0.2) is 11.2 Å². The molecule has 0 unspecified atom stereocenters. The highest BCUT2D eigenvalue weighted by molar-refractivity contribution is 5.82. The van der Waals surface area contributed by atoms with Crippen molar-refractivity contribution in [1.29, 1.82) is 0 Å². The molecule has 4 rings (SSSR count). The van der Waals surface area contributed by atoms with Gasteiger partial charge >= 0.3 is 11.6 Å². The van der Waals surface area contributed by atoms with Gasteiger partial charge < -0.3 is 8.98 Å². The van der Waals surface area contributed by atoms with Gasteiger partial charge in [-0.05, 0) is 30.7 Å². The summed E-state index contributed by atoms with van der Waals surface area (Å²) in [5.74, 6) is -0.306. The van der Waals surface area contributed by atoms with Crippen molar-refractivity contribution < 1.29 is 14.1 Å². The second kappa shape index (κ2) is 9.82. The van der Waals surface area contributed by atoms with E-state index >= 15 is 0 Å². The van der Waals surface area contributed by atoms with Gasteiger partial charge in [0.05, 0.1) is 12.6 Å². The third-order valence-corrected chi connectivity index (χ3v) is 4.96. The molecule has 0 radical (unpaired) electrons. The van der Waals surface area contributed by atoms with Gasteiger partial charge in [0.2, 0.25) is 0 Å². The van der Waals surface area contributed by atoms with Gasteiger partial charge in [0.1, 0.15) is 23.1 Å². The van der Waals surface area contributed by atoms with E-state index in [-0.39, 0.29) is 35.9 Å². The Bertz CT molecular complexity index is 1570. The van der Waals surface area contributed by atoms with Crippen LogP contribution in [0.4, 0.5) is 5.88 Å². The number of furan rings is 1. The predicted molar refractivity (Wildman–Crippen MR) is 126 cm³/mol. The van der Waals surface area contributed by atoms with Gasteiger partial charge in [0.25, 0.3) is 11.5 Å². The average Bonchev–Trinajstić information content (AvgIpc) is 3.42. The van der Waals surface area contributed by atoms with Gasteiger partial charge in [-0.3, -0.25) is 29.3 Å². The van der Waals surface area contributed by atoms with Crippen molar-refractivity contribution in [3.05, 3.63) is 96.6 Å². The number of amides is 1. The van der Waals surface area contributed by atoms with Crippen LogP contribution in [0.2, 0.25) is 0 Å². The predicted octanol–water partition coefficient (Wildman–Crippen LogP) is 1.56. The fraction of sp³-hybridized carbons (Fsp3) is 0.136. The van der Waals surface area contributed by atoms with Gasteiger partial charge in [-0.2, -0.15) is 5.10 Å². The van der Waals surface area contributed by atoms with E-state index < -0.39 is 22.1 Å². The monoisotopic (exact) mass is 477 g/mol. The molecule has 0 aliphatic heterocycles. The van der Waals surface area contributed by atoms with E-state index in [4.69, 9.17) is 4.42 Å². The summed E-state index contributed by atoms with van der Waals surface area (Å²) in [6, 6.07) is 11.9. The molecule has 3 aromatic heterocycles. The van der Waals surface area contributed by atoms with E-state index in [1.807, 2.05) is 30.3 Å². The van der Waals surface area contributed by atoms with Crippen LogP contribution in [0, 0.1) is 17.0 Å². The number of imidazole rings is 1. The molecule has 0 bridgehead atoms. The largest absolute Gasteiger partial charge is 0.433 e. The first-order chi connectivity index (χ1) is 16.8. The zero-order valence-corrected chi connectivity index (χ0v) is 18.4. The molecule has 0 saturated heterocycles. The number of carbonyl (C=O) groups excluding carboxylic acids is 1. The first-order valence-electron chi connectivity index (χ1n) is 10.3. The second-order valence-electron chi connectivity index (χ2n) is 7.35. The summed E-state index contributed by atoms with van der Waals surface area (Å²) in [5.41, 5.74) is 2.18. The standard InChI is InChI=1S/C22H19N7O6/c1-14-24-20-19(21(31)25-22(32)28(20)12-15-6-3-2-4-7-15)27(14)13-17(30)26-23-11-5-8-16-9-10-18(35-16)29(33)34/h2-11H,12-13H2,1H3,(H,26,30)(H,25,31,32)/b8-5+,23-11+. The zero-order chi connectivity index (χ0) is 24.9. The van der Waals surface area contributed by atoms with Crippen molar-refractivity contribution >= 4 is 35.2 Å². The molecule has 35 heavy (non-hydrogen) atoms. The molecule has 0 saturated carbocycles. The molecule has 13 nitrogen and oxygen atoms in total. The number of aryl methyl sites for hydroxylation is 1. The molecule has 0 fully saturated rings. The van der Waals surface area contributed by atoms with Crippen LogP contribution in [0.25, 0.3) is 17.2 Å². The van der Waals surface area contributed by atoms with Gasteiger partial charge in [-0.15, -0.1) is 0 Å². The summed E-state index contributed by atoms with van der Waals surface area (Å²) in [5, 5.41) is 14.4. The third kappa shape index (κ3) is 5.13. The van der Waals surface area contributed by atoms with Gasteiger partial charge in [-0.1, -0.05) is 30.3 Å². The van der Waals surface area contributed by atoms with Crippen LogP contribution >= 0.6 is 0 Å². The molecular formula is C22H19N7O6. The molecule has 0 aliphatic rings. The lowest BCUT2D eigenvalue weighted by Crippen LogP contribution is -2.32. The minimum Gasteiger partial charge on any atom is -0.401 e. The quantitative estimate of drug-likeness (QED) is 0.220. The van der Waals surface area contributed by atoms with Crippen LogP contribution in [0.5, 0.6) is 0 Å². The van der Waals surface area contributed by atoms with E-state index in [1.54, 1.807) is 6.92 Å². The van der Waals surface area contributed by atoms with Gasteiger partial charge in [-0.25, -0.2) is 15.2 Å². The maximum atomic E-state index is 12.5. The Hall–Kier alpha value is -5.07. The number of carbonyl (C=O) groups is 1. The number of aromatic amines is 1. The summed E-state index contributed by atoms with van der Waals surface area (Å²) < 4.78 is 7.70. The van der Waals surface area contributed by atoms with E-state index in [9.17, 15) is 24.5 Å². The number of H-pyrrole nitrogens is 1. The number of nitro groups is 1. The molecule has 0 atom stereocenters. The summed E-state index contributed by atoms with van der Waals surface area (Å²) in [6.07, 6.45) is 4.12. The first-order valence-corrected chi connectivity index (χ1v) is 10.3. The van der Waals surface area contributed by atoms with Crippen molar-refractivity contribution in [2.24, 2.45) is 5.10 Å². The van der Waals surface area contributed by atoms with E-state index in [2.05, 4.69) is 20.5 Å². The minimum absolute atomic E-state index is 0.0940. The number of aromatic nitrogens is 4. The highest BCUT2D eigenvalue weighted by Crippen LogP contribution is 2.16. The number of nitrogens with zero attached hydrogens (tertiary/aromatic N) is 5. The summed E-state index contributed by atoms with van der Waals surface area (Å²) in [4.78, 5) is 54.0.